The van der Waals surface area contributed by atoms with Gasteiger partial charge in [0.2, 0.25) is 15.8 Å². The highest BCUT2D eigenvalue weighted by Crippen LogP contribution is 2.41. The maximum absolute atomic E-state index is 13.9. The van der Waals surface area contributed by atoms with Crippen LogP contribution in [0.2, 0.25) is 0 Å². The van der Waals surface area contributed by atoms with Crippen LogP contribution < -0.4 is 10.0 Å². The second kappa shape index (κ2) is 10.4. The van der Waals surface area contributed by atoms with Gasteiger partial charge in [-0.05, 0) is 42.0 Å². The zero-order valence-electron chi connectivity index (χ0n) is 19.4. The lowest BCUT2D eigenvalue weighted by Crippen LogP contribution is -2.47. The summed E-state index contributed by atoms with van der Waals surface area (Å²) in [5, 5.41) is 14.1. The third kappa shape index (κ3) is 6.04. The van der Waals surface area contributed by atoms with Gasteiger partial charge in [-0.3, -0.25) is 4.90 Å². The summed E-state index contributed by atoms with van der Waals surface area (Å²) in [5.74, 6) is -1.99. The van der Waals surface area contributed by atoms with E-state index in [4.69, 9.17) is 10.4 Å². The molecule has 0 saturated carbocycles. The van der Waals surface area contributed by atoms with E-state index in [1.807, 2.05) is 4.90 Å². The van der Waals surface area contributed by atoms with Crippen LogP contribution in [0, 0.1) is 17.1 Å². The van der Waals surface area contributed by atoms with E-state index in [0.717, 1.165) is 12.1 Å². The minimum Gasteiger partial charge on any atom is -0.353 e. The standard InChI is InChI=1S/C24H22F4N6O2S/c25-18-7-5-16(6-8-18)21-20(17-3-1-4-19(15-17)37(30,35)36)22(32-23(31-21)24(26,27)28)34-13-11-33(12-14-34)10-2-9-29/h1,3-8,15H,2,10-14H2,(H2,30,35,36). The van der Waals surface area contributed by atoms with Crippen LogP contribution >= 0.6 is 0 Å². The highest BCUT2D eigenvalue weighted by atomic mass is 32.2. The van der Waals surface area contributed by atoms with Gasteiger partial charge in [0.15, 0.2) is 0 Å². The number of rotatable bonds is 6. The molecule has 4 rings (SSSR count). The lowest BCUT2D eigenvalue weighted by molar-refractivity contribution is -0.144. The number of nitriles is 1. The highest BCUT2D eigenvalue weighted by molar-refractivity contribution is 7.89. The first kappa shape index (κ1) is 26.5. The predicted octanol–water partition coefficient (Wildman–Crippen LogP) is 3.65. The van der Waals surface area contributed by atoms with Crippen molar-refractivity contribution < 1.29 is 26.0 Å². The summed E-state index contributed by atoms with van der Waals surface area (Å²) in [4.78, 5) is 11.2. The second-order valence-electron chi connectivity index (χ2n) is 8.41. The van der Waals surface area contributed by atoms with Crippen molar-refractivity contribution in [3.8, 4) is 28.5 Å². The van der Waals surface area contributed by atoms with Crippen LogP contribution in [0.25, 0.3) is 22.4 Å². The minimum atomic E-state index is -4.88. The van der Waals surface area contributed by atoms with Gasteiger partial charge in [-0.25, -0.2) is 27.9 Å². The first-order valence-corrected chi connectivity index (χ1v) is 12.7. The monoisotopic (exact) mass is 534 g/mol. The molecule has 0 unspecified atom stereocenters. The highest BCUT2D eigenvalue weighted by Gasteiger charge is 2.38. The molecule has 0 atom stereocenters. The van der Waals surface area contributed by atoms with Crippen LogP contribution in [0.15, 0.2) is 53.4 Å². The van der Waals surface area contributed by atoms with E-state index in [0.29, 0.717) is 39.1 Å². The fourth-order valence-electron chi connectivity index (χ4n) is 4.11. The lowest BCUT2D eigenvalue weighted by atomic mass is 9.98. The van der Waals surface area contributed by atoms with Crippen molar-refractivity contribution in [2.45, 2.75) is 17.5 Å². The number of sulfonamides is 1. The number of aromatic nitrogens is 2. The molecule has 2 aromatic carbocycles. The molecule has 0 bridgehead atoms. The SMILES string of the molecule is N#CCCN1CCN(c2nc(C(F)(F)F)nc(-c3ccc(F)cc3)c2-c2cccc(S(N)(=O)=O)c2)CC1. The molecule has 3 aromatic rings. The van der Waals surface area contributed by atoms with E-state index in [2.05, 4.69) is 16.0 Å². The third-order valence-corrected chi connectivity index (χ3v) is 6.84. The second-order valence-corrected chi connectivity index (χ2v) is 9.97. The van der Waals surface area contributed by atoms with Crippen LogP contribution in [-0.4, -0.2) is 56.0 Å². The molecule has 0 amide bonds. The Morgan fingerprint density at radius 3 is 2.27 bits per heavy atom. The fraction of sp³-hybridized carbons (Fsp3) is 0.292. The van der Waals surface area contributed by atoms with Gasteiger partial charge in [0.25, 0.3) is 0 Å². The number of halogens is 4. The summed E-state index contributed by atoms with van der Waals surface area (Å²) >= 11 is 0. The third-order valence-electron chi connectivity index (χ3n) is 5.92. The zero-order chi connectivity index (χ0) is 26.8. The molecule has 1 fully saturated rings. The normalized spacial score (nSPS) is 15.0. The average molecular weight is 535 g/mol. The molecule has 1 aliphatic rings. The van der Waals surface area contributed by atoms with Crippen molar-refractivity contribution >= 4 is 15.8 Å². The van der Waals surface area contributed by atoms with E-state index in [-0.39, 0.29) is 33.1 Å². The molecule has 0 spiro atoms. The molecule has 37 heavy (non-hydrogen) atoms. The number of benzene rings is 2. The summed E-state index contributed by atoms with van der Waals surface area (Å²) in [5.41, 5.74) is 0.465. The minimum absolute atomic E-state index is 0.0341. The summed E-state index contributed by atoms with van der Waals surface area (Å²) in [6.07, 6.45) is -4.55. The van der Waals surface area contributed by atoms with E-state index in [9.17, 15) is 26.0 Å². The van der Waals surface area contributed by atoms with Crippen molar-refractivity contribution in [1.29, 1.82) is 5.26 Å². The molecular formula is C24H22F4N6O2S. The Bertz CT molecular complexity index is 1430. The smallest absolute Gasteiger partial charge is 0.353 e. The number of nitrogens with zero attached hydrogens (tertiary/aromatic N) is 5. The Morgan fingerprint density at radius 2 is 1.68 bits per heavy atom. The molecule has 0 radical (unpaired) electrons. The summed E-state index contributed by atoms with van der Waals surface area (Å²) in [6.45, 7) is 2.12. The molecule has 13 heteroatoms. The Labute approximate surface area is 211 Å². The Hall–Kier alpha value is -3.60. The molecule has 1 saturated heterocycles. The van der Waals surface area contributed by atoms with Crippen LogP contribution in [0.4, 0.5) is 23.4 Å². The van der Waals surface area contributed by atoms with Gasteiger partial charge in [-0.15, -0.1) is 0 Å². The van der Waals surface area contributed by atoms with E-state index >= 15 is 0 Å². The Morgan fingerprint density at radius 1 is 1.00 bits per heavy atom. The maximum Gasteiger partial charge on any atom is 0.451 e. The van der Waals surface area contributed by atoms with Crippen molar-refractivity contribution in [1.82, 2.24) is 14.9 Å². The van der Waals surface area contributed by atoms with Gasteiger partial charge in [0.1, 0.15) is 11.6 Å². The van der Waals surface area contributed by atoms with Gasteiger partial charge in [0.05, 0.1) is 22.2 Å². The van der Waals surface area contributed by atoms with Gasteiger partial charge in [-0.1, -0.05) is 12.1 Å². The average Bonchev–Trinajstić information content (AvgIpc) is 2.86. The van der Waals surface area contributed by atoms with E-state index in [1.165, 1.54) is 36.4 Å². The Balaban J connectivity index is 1.94. The summed E-state index contributed by atoms with van der Waals surface area (Å²) in [6, 6.07) is 12.3. The van der Waals surface area contributed by atoms with Crippen LogP contribution in [0.5, 0.6) is 0 Å². The van der Waals surface area contributed by atoms with Crippen LogP contribution in [0.3, 0.4) is 0 Å². The molecule has 1 aromatic heterocycles. The van der Waals surface area contributed by atoms with Crippen molar-refractivity contribution in [2.75, 3.05) is 37.6 Å². The largest absolute Gasteiger partial charge is 0.451 e. The fourth-order valence-corrected chi connectivity index (χ4v) is 4.67. The predicted molar refractivity (Wildman–Crippen MR) is 128 cm³/mol. The van der Waals surface area contributed by atoms with Crippen LogP contribution in [0.1, 0.15) is 12.2 Å². The van der Waals surface area contributed by atoms with E-state index < -0.39 is 27.8 Å². The Kier molecular flexibility index (Phi) is 7.44. The zero-order valence-corrected chi connectivity index (χ0v) is 20.2. The molecule has 194 valence electrons. The molecule has 0 aliphatic carbocycles. The topological polar surface area (TPSA) is 116 Å². The number of anilines is 1. The van der Waals surface area contributed by atoms with Gasteiger partial charge < -0.3 is 4.90 Å². The number of hydrogen-bond acceptors (Lipinski definition) is 7. The number of alkyl halides is 3. The van der Waals surface area contributed by atoms with Crippen molar-refractivity contribution in [3.63, 3.8) is 0 Å². The number of nitrogens with two attached hydrogens (primary N) is 1. The maximum atomic E-state index is 13.9. The quantitative estimate of drug-likeness (QED) is 0.480. The molecule has 8 nitrogen and oxygen atoms in total. The number of hydrogen-bond donors (Lipinski definition) is 1. The van der Waals surface area contributed by atoms with E-state index in [1.54, 1.807) is 4.90 Å². The van der Waals surface area contributed by atoms with Crippen LogP contribution in [-0.2, 0) is 16.2 Å². The van der Waals surface area contributed by atoms with Gasteiger partial charge >= 0.3 is 6.18 Å². The summed E-state index contributed by atoms with van der Waals surface area (Å²) in [7, 11) is -4.12. The number of piperazine rings is 1. The van der Waals surface area contributed by atoms with Gasteiger partial charge in [0, 0.05) is 44.7 Å². The first-order chi connectivity index (χ1) is 17.5. The lowest BCUT2D eigenvalue weighted by Gasteiger charge is -2.36. The van der Waals surface area contributed by atoms with Crippen molar-refractivity contribution in [3.05, 3.63) is 60.2 Å². The summed E-state index contributed by atoms with van der Waals surface area (Å²) < 4.78 is 79.4. The first-order valence-electron chi connectivity index (χ1n) is 11.2. The molecular weight excluding hydrogens is 512 g/mol. The van der Waals surface area contributed by atoms with Gasteiger partial charge in [-0.2, -0.15) is 18.4 Å². The molecule has 2 N–H and O–H groups in total. The number of primary sulfonamides is 1. The molecule has 2 heterocycles. The molecule has 1 aliphatic heterocycles. The van der Waals surface area contributed by atoms with Crippen molar-refractivity contribution in [2.24, 2.45) is 5.14 Å².